The SMILES string of the molecule is CC(=O)Nc1ccc(S(=O)(=O)NC2CCCC2)cc1Cl. The van der Waals surface area contributed by atoms with E-state index >= 15 is 0 Å². The number of carbonyl (C=O) groups excluding carboxylic acids is 1. The van der Waals surface area contributed by atoms with Gasteiger partial charge in [0, 0.05) is 13.0 Å². The Balaban J connectivity index is 2.19. The van der Waals surface area contributed by atoms with Crippen LogP contribution in [0.5, 0.6) is 0 Å². The van der Waals surface area contributed by atoms with E-state index in [1.807, 2.05) is 0 Å². The zero-order chi connectivity index (χ0) is 14.8. The van der Waals surface area contributed by atoms with Gasteiger partial charge in [0.1, 0.15) is 0 Å². The predicted octanol–water partition coefficient (Wildman–Crippen LogP) is 2.52. The molecule has 1 saturated carbocycles. The molecule has 1 fully saturated rings. The number of sulfonamides is 1. The Morgan fingerprint density at radius 3 is 2.50 bits per heavy atom. The molecule has 0 unspecified atom stereocenters. The molecular formula is C13H17ClN2O3S. The average molecular weight is 317 g/mol. The number of rotatable bonds is 4. The monoisotopic (exact) mass is 316 g/mol. The average Bonchev–Trinajstić information content (AvgIpc) is 2.83. The van der Waals surface area contributed by atoms with Crippen molar-refractivity contribution in [3.8, 4) is 0 Å². The van der Waals surface area contributed by atoms with E-state index in [4.69, 9.17) is 11.6 Å². The molecule has 0 saturated heterocycles. The molecule has 0 aliphatic heterocycles. The second-order valence-electron chi connectivity index (χ2n) is 4.93. The quantitative estimate of drug-likeness (QED) is 0.896. The lowest BCUT2D eigenvalue weighted by atomic mass is 10.3. The Kier molecular flexibility index (Phi) is 4.67. The molecule has 5 nitrogen and oxygen atoms in total. The van der Waals surface area contributed by atoms with Gasteiger partial charge in [-0.25, -0.2) is 13.1 Å². The molecule has 1 aliphatic rings. The summed E-state index contributed by atoms with van der Waals surface area (Å²) in [5.41, 5.74) is 0.402. The molecule has 1 amide bonds. The Hall–Kier alpha value is -1.11. The van der Waals surface area contributed by atoms with Gasteiger partial charge >= 0.3 is 0 Å². The van der Waals surface area contributed by atoms with Crippen LogP contribution in [0.1, 0.15) is 32.6 Å². The van der Waals surface area contributed by atoms with Gasteiger partial charge in [-0.1, -0.05) is 24.4 Å². The molecule has 2 N–H and O–H groups in total. The van der Waals surface area contributed by atoms with E-state index in [9.17, 15) is 13.2 Å². The zero-order valence-electron chi connectivity index (χ0n) is 11.1. The summed E-state index contributed by atoms with van der Waals surface area (Å²) < 4.78 is 27.1. The number of hydrogen-bond donors (Lipinski definition) is 2. The molecule has 0 heterocycles. The van der Waals surface area contributed by atoms with Crippen molar-refractivity contribution >= 4 is 33.2 Å². The van der Waals surface area contributed by atoms with Crippen LogP contribution in [0.15, 0.2) is 23.1 Å². The lowest BCUT2D eigenvalue weighted by molar-refractivity contribution is -0.114. The number of hydrogen-bond acceptors (Lipinski definition) is 3. The Labute approximate surface area is 123 Å². The lowest BCUT2D eigenvalue weighted by Gasteiger charge is -2.13. The molecule has 0 aromatic heterocycles. The topological polar surface area (TPSA) is 75.3 Å². The smallest absolute Gasteiger partial charge is 0.240 e. The van der Waals surface area contributed by atoms with E-state index < -0.39 is 10.0 Å². The summed E-state index contributed by atoms with van der Waals surface area (Å²) >= 11 is 5.99. The first-order chi connectivity index (χ1) is 9.38. The van der Waals surface area contributed by atoms with Crippen LogP contribution in [0.2, 0.25) is 5.02 Å². The third kappa shape index (κ3) is 3.71. The van der Waals surface area contributed by atoms with Crippen LogP contribution in [-0.2, 0) is 14.8 Å². The molecule has 0 atom stereocenters. The largest absolute Gasteiger partial charge is 0.325 e. The van der Waals surface area contributed by atoms with E-state index in [2.05, 4.69) is 10.0 Å². The summed E-state index contributed by atoms with van der Waals surface area (Å²) in [6.45, 7) is 1.36. The van der Waals surface area contributed by atoms with Crippen LogP contribution < -0.4 is 10.0 Å². The second-order valence-corrected chi connectivity index (χ2v) is 7.05. The van der Waals surface area contributed by atoms with Crippen LogP contribution in [0.3, 0.4) is 0 Å². The molecule has 0 spiro atoms. The van der Waals surface area contributed by atoms with Gasteiger partial charge in [0.25, 0.3) is 0 Å². The highest BCUT2D eigenvalue weighted by atomic mass is 35.5. The molecule has 1 aromatic carbocycles. The first kappa shape index (κ1) is 15.3. The maximum Gasteiger partial charge on any atom is 0.240 e. The van der Waals surface area contributed by atoms with Crippen LogP contribution in [-0.4, -0.2) is 20.4 Å². The van der Waals surface area contributed by atoms with Crippen molar-refractivity contribution in [2.75, 3.05) is 5.32 Å². The van der Waals surface area contributed by atoms with Gasteiger partial charge in [-0.05, 0) is 31.0 Å². The Morgan fingerprint density at radius 2 is 1.95 bits per heavy atom. The van der Waals surface area contributed by atoms with Crippen LogP contribution in [0, 0.1) is 0 Å². The molecule has 2 rings (SSSR count). The van der Waals surface area contributed by atoms with Crippen LogP contribution in [0.4, 0.5) is 5.69 Å². The summed E-state index contributed by atoms with van der Waals surface area (Å²) in [6.07, 6.45) is 3.85. The van der Waals surface area contributed by atoms with Crippen molar-refractivity contribution in [1.82, 2.24) is 4.72 Å². The van der Waals surface area contributed by atoms with Gasteiger partial charge in [-0.15, -0.1) is 0 Å². The number of anilines is 1. The highest BCUT2D eigenvalue weighted by Crippen LogP contribution is 2.26. The van der Waals surface area contributed by atoms with Crippen molar-refractivity contribution < 1.29 is 13.2 Å². The third-order valence-electron chi connectivity index (χ3n) is 3.24. The van der Waals surface area contributed by atoms with Crippen molar-refractivity contribution in [1.29, 1.82) is 0 Å². The molecule has 0 bridgehead atoms. The predicted molar refractivity (Wildman–Crippen MR) is 78.3 cm³/mol. The van der Waals surface area contributed by atoms with Gasteiger partial charge in [0.15, 0.2) is 0 Å². The van der Waals surface area contributed by atoms with E-state index in [0.29, 0.717) is 5.69 Å². The minimum absolute atomic E-state index is 0.00815. The molecule has 0 radical (unpaired) electrons. The second kappa shape index (κ2) is 6.11. The van der Waals surface area contributed by atoms with E-state index in [1.54, 1.807) is 0 Å². The molecule has 20 heavy (non-hydrogen) atoms. The maximum atomic E-state index is 12.2. The Morgan fingerprint density at radius 1 is 1.30 bits per heavy atom. The standard InChI is InChI=1S/C13H17ClN2O3S/c1-9(17)15-13-7-6-11(8-12(13)14)20(18,19)16-10-4-2-3-5-10/h6-8,10,16H,2-5H2,1H3,(H,15,17). The summed E-state index contributed by atoms with van der Waals surface area (Å²) in [7, 11) is -3.56. The fourth-order valence-electron chi connectivity index (χ4n) is 2.29. The summed E-state index contributed by atoms with van der Waals surface area (Å²) in [4.78, 5) is 11.1. The summed E-state index contributed by atoms with van der Waals surface area (Å²) in [6, 6.07) is 4.29. The lowest BCUT2D eigenvalue weighted by Crippen LogP contribution is -2.32. The van der Waals surface area contributed by atoms with E-state index in [0.717, 1.165) is 25.7 Å². The van der Waals surface area contributed by atoms with Crippen molar-refractivity contribution in [2.45, 2.75) is 43.5 Å². The zero-order valence-corrected chi connectivity index (χ0v) is 12.7. The minimum atomic E-state index is -3.56. The molecule has 1 aliphatic carbocycles. The van der Waals surface area contributed by atoms with Gasteiger partial charge in [0.05, 0.1) is 15.6 Å². The normalized spacial score (nSPS) is 16.3. The number of halogens is 1. The van der Waals surface area contributed by atoms with Crippen LogP contribution in [0.25, 0.3) is 0 Å². The maximum absolute atomic E-state index is 12.2. The summed E-state index contributed by atoms with van der Waals surface area (Å²) in [5.74, 6) is -0.258. The highest BCUT2D eigenvalue weighted by Gasteiger charge is 2.23. The highest BCUT2D eigenvalue weighted by molar-refractivity contribution is 7.89. The summed E-state index contributed by atoms with van der Waals surface area (Å²) in [5, 5.41) is 2.74. The Bertz CT molecular complexity index is 610. The molecule has 110 valence electrons. The van der Waals surface area contributed by atoms with Gasteiger partial charge in [0.2, 0.25) is 15.9 Å². The number of amides is 1. The first-order valence-corrected chi connectivity index (χ1v) is 8.34. The van der Waals surface area contributed by atoms with Crippen molar-refractivity contribution in [3.05, 3.63) is 23.2 Å². The van der Waals surface area contributed by atoms with Crippen molar-refractivity contribution in [2.24, 2.45) is 0 Å². The van der Waals surface area contributed by atoms with Crippen LogP contribution >= 0.6 is 11.6 Å². The fourth-order valence-corrected chi connectivity index (χ4v) is 3.91. The fraction of sp³-hybridized carbons (Fsp3) is 0.462. The minimum Gasteiger partial charge on any atom is -0.325 e. The first-order valence-electron chi connectivity index (χ1n) is 6.48. The van der Waals surface area contributed by atoms with Gasteiger partial charge in [-0.2, -0.15) is 0 Å². The number of nitrogens with one attached hydrogen (secondary N) is 2. The number of benzene rings is 1. The van der Waals surface area contributed by atoms with E-state index in [-0.39, 0.29) is 21.9 Å². The molecular weight excluding hydrogens is 300 g/mol. The van der Waals surface area contributed by atoms with E-state index in [1.165, 1.54) is 25.1 Å². The molecule has 7 heteroatoms. The number of carbonyl (C=O) groups is 1. The third-order valence-corrected chi connectivity index (χ3v) is 5.07. The van der Waals surface area contributed by atoms with Crippen molar-refractivity contribution in [3.63, 3.8) is 0 Å². The van der Waals surface area contributed by atoms with Gasteiger partial charge in [-0.3, -0.25) is 4.79 Å². The molecule has 1 aromatic rings. The van der Waals surface area contributed by atoms with Gasteiger partial charge < -0.3 is 5.32 Å².